The number of hydrogen-bond acceptors (Lipinski definition) is 3. The molecule has 0 aliphatic rings. The number of alkyl halides is 1. The Morgan fingerprint density at radius 3 is 3.07 bits per heavy atom. The third kappa shape index (κ3) is 1.54. The third-order valence-electron chi connectivity index (χ3n) is 1.98. The molecule has 0 aliphatic heterocycles. The summed E-state index contributed by atoms with van der Waals surface area (Å²) in [5.41, 5.74) is 1.67. The maximum atomic E-state index is 10.8. The van der Waals surface area contributed by atoms with E-state index < -0.39 is 11.9 Å². The van der Waals surface area contributed by atoms with Crippen molar-refractivity contribution >= 4 is 22.7 Å². The summed E-state index contributed by atoms with van der Waals surface area (Å²) >= 11 is 5.49. The van der Waals surface area contributed by atoms with Crippen LogP contribution in [0.1, 0.15) is 11.7 Å². The van der Waals surface area contributed by atoms with Crippen molar-refractivity contribution in [1.29, 1.82) is 0 Å². The van der Waals surface area contributed by atoms with Gasteiger partial charge in [0.25, 0.3) is 0 Å². The van der Waals surface area contributed by atoms with Crippen molar-refractivity contribution in [1.82, 2.24) is 4.98 Å². The lowest BCUT2D eigenvalue weighted by molar-refractivity contribution is 0.202. The molecule has 1 heterocycles. The van der Waals surface area contributed by atoms with Crippen LogP contribution in [0.4, 0.5) is 0 Å². The molecule has 0 fully saturated rings. The van der Waals surface area contributed by atoms with Crippen molar-refractivity contribution in [2.24, 2.45) is 0 Å². The maximum Gasteiger partial charge on any atom is 0.417 e. The summed E-state index contributed by atoms with van der Waals surface area (Å²) in [7, 11) is 0. The average molecular weight is 214 g/mol. The number of oxazole rings is 1. The van der Waals surface area contributed by atoms with Gasteiger partial charge in [-0.2, -0.15) is 0 Å². The van der Waals surface area contributed by atoms with Crippen LogP contribution in [-0.4, -0.2) is 16.0 Å². The van der Waals surface area contributed by atoms with Gasteiger partial charge in [-0.15, -0.1) is 11.6 Å². The Balaban J connectivity index is 2.55. The van der Waals surface area contributed by atoms with Crippen LogP contribution in [0.25, 0.3) is 11.1 Å². The molecule has 1 atom stereocenters. The van der Waals surface area contributed by atoms with Gasteiger partial charge in [0.2, 0.25) is 0 Å². The second-order valence-electron chi connectivity index (χ2n) is 2.94. The molecule has 1 aromatic heterocycles. The zero-order valence-electron chi connectivity index (χ0n) is 7.16. The zero-order chi connectivity index (χ0) is 10.1. The van der Waals surface area contributed by atoms with Crippen molar-refractivity contribution in [2.45, 2.75) is 6.10 Å². The van der Waals surface area contributed by atoms with Crippen molar-refractivity contribution in [3.63, 3.8) is 0 Å². The van der Waals surface area contributed by atoms with Gasteiger partial charge in [0, 0.05) is 0 Å². The first-order chi connectivity index (χ1) is 6.70. The van der Waals surface area contributed by atoms with Crippen molar-refractivity contribution in [3.05, 3.63) is 34.3 Å². The topological polar surface area (TPSA) is 66.2 Å². The van der Waals surface area contributed by atoms with E-state index in [0.29, 0.717) is 16.7 Å². The Bertz CT molecular complexity index is 502. The summed E-state index contributed by atoms with van der Waals surface area (Å²) in [6.45, 7) is 0. The van der Waals surface area contributed by atoms with Gasteiger partial charge < -0.3 is 9.52 Å². The van der Waals surface area contributed by atoms with Crippen LogP contribution in [0.2, 0.25) is 0 Å². The van der Waals surface area contributed by atoms with E-state index in [1.54, 1.807) is 18.2 Å². The van der Waals surface area contributed by atoms with E-state index in [1.165, 1.54) is 0 Å². The molecule has 74 valence electrons. The Kier molecular flexibility index (Phi) is 2.31. The SMILES string of the molecule is O=c1[nH]c2ccc(C(O)CCl)cc2o1. The molecule has 4 nitrogen and oxygen atoms in total. The zero-order valence-corrected chi connectivity index (χ0v) is 7.91. The fourth-order valence-electron chi connectivity index (χ4n) is 1.26. The summed E-state index contributed by atoms with van der Waals surface area (Å²) in [5, 5.41) is 9.43. The summed E-state index contributed by atoms with van der Waals surface area (Å²) in [6, 6.07) is 4.96. The van der Waals surface area contributed by atoms with Gasteiger partial charge >= 0.3 is 5.76 Å². The van der Waals surface area contributed by atoms with Gasteiger partial charge in [-0.05, 0) is 17.7 Å². The maximum absolute atomic E-state index is 10.8. The summed E-state index contributed by atoms with van der Waals surface area (Å²) in [6.07, 6.45) is -0.735. The van der Waals surface area contributed by atoms with Gasteiger partial charge in [-0.3, -0.25) is 4.98 Å². The van der Waals surface area contributed by atoms with E-state index in [9.17, 15) is 9.90 Å². The molecule has 14 heavy (non-hydrogen) atoms. The highest BCUT2D eigenvalue weighted by Gasteiger charge is 2.08. The number of aliphatic hydroxyl groups excluding tert-OH is 1. The molecule has 0 aliphatic carbocycles. The number of fused-ring (bicyclic) bond motifs is 1. The Hall–Kier alpha value is -1.26. The predicted octanol–water partition coefficient (Wildman–Crippen LogP) is 1.39. The molecule has 0 spiro atoms. The third-order valence-corrected chi connectivity index (χ3v) is 2.27. The van der Waals surface area contributed by atoms with Gasteiger partial charge in [0.05, 0.1) is 17.5 Å². The van der Waals surface area contributed by atoms with E-state index in [1.807, 2.05) is 0 Å². The first-order valence-corrected chi connectivity index (χ1v) is 4.61. The van der Waals surface area contributed by atoms with E-state index in [4.69, 9.17) is 16.0 Å². The van der Waals surface area contributed by atoms with Crippen LogP contribution in [0, 0.1) is 0 Å². The van der Waals surface area contributed by atoms with Crippen LogP contribution in [0.3, 0.4) is 0 Å². The van der Waals surface area contributed by atoms with Gasteiger partial charge in [0.15, 0.2) is 5.58 Å². The molecule has 0 bridgehead atoms. The predicted molar refractivity (Wildman–Crippen MR) is 52.5 cm³/mol. The average Bonchev–Trinajstić information content (AvgIpc) is 2.55. The quantitative estimate of drug-likeness (QED) is 0.741. The van der Waals surface area contributed by atoms with Crippen LogP contribution in [0.5, 0.6) is 0 Å². The van der Waals surface area contributed by atoms with Crippen LogP contribution < -0.4 is 5.76 Å². The first kappa shape index (κ1) is 9.30. The lowest BCUT2D eigenvalue weighted by atomic mass is 10.1. The lowest BCUT2D eigenvalue weighted by Gasteiger charge is -2.05. The second kappa shape index (κ2) is 3.48. The Morgan fingerprint density at radius 1 is 1.57 bits per heavy atom. The van der Waals surface area contributed by atoms with Crippen molar-refractivity contribution in [2.75, 3.05) is 5.88 Å². The molecule has 1 unspecified atom stereocenters. The summed E-state index contributed by atoms with van der Waals surface area (Å²) in [5.74, 6) is -0.391. The normalized spacial score (nSPS) is 13.3. The molecular formula is C9H8ClNO3. The fraction of sp³-hybridized carbons (Fsp3) is 0.222. The van der Waals surface area contributed by atoms with Crippen LogP contribution >= 0.6 is 11.6 Å². The Morgan fingerprint density at radius 2 is 2.36 bits per heavy atom. The number of H-pyrrole nitrogens is 1. The van der Waals surface area contributed by atoms with E-state index in [0.717, 1.165) is 0 Å². The minimum Gasteiger partial charge on any atom is -0.408 e. The number of aromatic nitrogens is 1. The molecule has 2 N–H and O–H groups in total. The molecule has 0 amide bonds. The van der Waals surface area contributed by atoms with Crippen LogP contribution in [-0.2, 0) is 0 Å². The number of halogens is 1. The molecule has 1 aromatic carbocycles. The number of aromatic amines is 1. The van der Waals surface area contributed by atoms with Crippen molar-refractivity contribution in [3.8, 4) is 0 Å². The number of nitrogens with one attached hydrogen (secondary N) is 1. The highest BCUT2D eigenvalue weighted by atomic mass is 35.5. The van der Waals surface area contributed by atoms with E-state index >= 15 is 0 Å². The van der Waals surface area contributed by atoms with Gasteiger partial charge in [0.1, 0.15) is 0 Å². The minimum atomic E-state index is -0.735. The summed E-state index contributed by atoms with van der Waals surface area (Å²) < 4.78 is 4.84. The standard InChI is InChI=1S/C9H8ClNO3/c10-4-7(12)5-1-2-6-8(3-5)14-9(13)11-6/h1-3,7,12H,4H2,(H,11,13). The van der Waals surface area contributed by atoms with E-state index in [-0.39, 0.29) is 5.88 Å². The van der Waals surface area contributed by atoms with E-state index in [2.05, 4.69) is 4.98 Å². The van der Waals surface area contributed by atoms with Crippen molar-refractivity contribution < 1.29 is 9.52 Å². The number of aliphatic hydroxyl groups is 1. The fourth-order valence-corrected chi connectivity index (χ4v) is 1.44. The molecule has 0 saturated heterocycles. The van der Waals surface area contributed by atoms with Gasteiger partial charge in [-0.25, -0.2) is 4.79 Å². The summed E-state index contributed by atoms with van der Waals surface area (Å²) in [4.78, 5) is 13.3. The van der Waals surface area contributed by atoms with Gasteiger partial charge in [-0.1, -0.05) is 6.07 Å². The number of hydrogen-bond donors (Lipinski definition) is 2. The highest BCUT2D eigenvalue weighted by Crippen LogP contribution is 2.19. The number of rotatable bonds is 2. The van der Waals surface area contributed by atoms with Crippen LogP contribution in [0.15, 0.2) is 27.4 Å². The highest BCUT2D eigenvalue weighted by molar-refractivity contribution is 6.18. The Labute approximate surface area is 84.1 Å². The number of benzene rings is 1. The first-order valence-electron chi connectivity index (χ1n) is 4.07. The molecular weight excluding hydrogens is 206 g/mol. The lowest BCUT2D eigenvalue weighted by Crippen LogP contribution is -1.97. The monoisotopic (exact) mass is 213 g/mol. The smallest absolute Gasteiger partial charge is 0.408 e. The molecule has 0 saturated carbocycles. The molecule has 0 radical (unpaired) electrons. The minimum absolute atomic E-state index is 0.111. The largest absolute Gasteiger partial charge is 0.417 e. The molecule has 5 heteroatoms. The molecule has 2 aromatic rings. The second-order valence-corrected chi connectivity index (χ2v) is 3.25. The molecule has 2 rings (SSSR count).